The normalized spacial score (nSPS) is 17.8. The van der Waals surface area contributed by atoms with Crippen LogP contribution in [0.4, 0.5) is 0 Å². The first-order valence-electron chi connectivity index (χ1n) is 4.43. The van der Waals surface area contributed by atoms with Gasteiger partial charge < -0.3 is 5.32 Å². The maximum atomic E-state index is 11.3. The van der Waals surface area contributed by atoms with Crippen molar-refractivity contribution in [1.82, 2.24) is 15.6 Å². The number of carbonyl (C=O) groups is 1. The Hall–Kier alpha value is -1.75. The van der Waals surface area contributed by atoms with Gasteiger partial charge in [0, 0.05) is 5.69 Å². The second kappa shape index (κ2) is 3.78. The Kier molecular flexibility index (Phi) is 2.47. The SMILES string of the molecule is Cc1cccc(/C=C2\NC(=S)NC2=O)n1. The Balaban J connectivity index is 2.31. The third-order valence-electron chi connectivity index (χ3n) is 1.92. The fraction of sp³-hybridized carbons (Fsp3) is 0.100. The van der Waals surface area contributed by atoms with Crippen LogP contribution in [0.3, 0.4) is 0 Å². The van der Waals surface area contributed by atoms with Crippen LogP contribution in [0.2, 0.25) is 0 Å². The molecule has 2 N–H and O–H groups in total. The van der Waals surface area contributed by atoms with E-state index < -0.39 is 0 Å². The highest BCUT2D eigenvalue weighted by Gasteiger charge is 2.19. The Bertz CT molecular complexity index is 467. The molecule has 0 atom stereocenters. The summed E-state index contributed by atoms with van der Waals surface area (Å²) in [6, 6.07) is 5.62. The quantitative estimate of drug-likeness (QED) is 0.540. The average molecular weight is 219 g/mol. The van der Waals surface area contributed by atoms with Gasteiger partial charge in [-0.05, 0) is 37.4 Å². The molecule has 5 heteroatoms. The zero-order valence-corrected chi connectivity index (χ0v) is 8.89. The van der Waals surface area contributed by atoms with Gasteiger partial charge in [-0.15, -0.1) is 0 Å². The summed E-state index contributed by atoms with van der Waals surface area (Å²) in [4.78, 5) is 15.6. The van der Waals surface area contributed by atoms with Crippen molar-refractivity contribution in [2.24, 2.45) is 0 Å². The number of nitrogens with zero attached hydrogens (tertiary/aromatic N) is 1. The Morgan fingerprint density at radius 3 is 2.80 bits per heavy atom. The Morgan fingerprint density at radius 2 is 2.20 bits per heavy atom. The summed E-state index contributed by atoms with van der Waals surface area (Å²) in [6.45, 7) is 1.90. The van der Waals surface area contributed by atoms with Crippen LogP contribution in [0.5, 0.6) is 0 Å². The summed E-state index contributed by atoms with van der Waals surface area (Å²) in [5.74, 6) is -0.219. The second-order valence-corrected chi connectivity index (χ2v) is 3.58. The molecular weight excluding hydrogens is 210 g/mol. The molecule has 0 unspecified atom stereocenters. The van der Waals surface area contributed by atoms with E-state index in [-0.39, 0.29) is 5.91 Å². The summed E-state index contributed by atoms with van der Waals surface area (Å²) >= 11 is 4.81. The van der Waals surface area contributed by atoms with Crippen LogP contribution in [0.25, 0.3) is 6.08 Å². The standard InChI is InChI=1S/C10H9N3OS/c1-6-3-2-4-7(11-6)5-8-9(14)13-10(15)12-8/h2-5H,1H3,(H2,12,13,14,15)/b8-5-. The van der Waals surface area contributed by atoms with Gasteiger partial charge in [0.2, 0.25) is 0 Å². The first-order chi connectivity index (χ1) is 7.15. The molecule has 0 spiro atoms. The molecule has 1 aromatic rings. The average Bonchev–Trinajstić information content (AvgIpc) is 2.45. The van der Waals surface area contributed by atoms with Crippen molar-refractivity contribution in [2.75, 3.05) is 0 Å². The molecule has 4 nitrogen and oxygen atoms in total. The lowest BCUT2D eigenvalue weighted by atomic mass is 10.2. The van der Waals surface area contributed by atoms with Crippen LogP contribution < -0.4 is 10.6 Å². The van der Waals surface area contributed by atoms with Gasteiger partial charge in [-0.2, -0.15) is 0 Å². The largest absolute Gasteiger partial charge is 0.328 e. The molecule has 15 heavy (non-hydrogen) atoms. The van der Waals surface area contributed by atoms with E-state index in [1.165, 1.54) is 0 Å². The van der Waals surface area contributed by atoms with E-state index >= 15 is 0 Å². The van der Waals surface area contributed by atoms with Crippen molar-refractivity contribution in [3.05, 3.63) is 35.3 Å². The van der Waals surface area contributed by atoms with E-state index in [4.69, 9.17) is 12.2 Å². The van der Waals surface area contributed by atoms with E-state index in [9.17, 15) is 4.79 Å². The fourth-order valence-electron chi connectivity index (χ4n) is 1.27. The topological polar surface area (TPSA) is 54.0 Å². The summed E-state index contributed by atoms with van der Waals surface area (Å²) in [7, 11) is 0. The van der Waals surface area contributed by atoms with Crippen molar-refractivity contribution >= 4 is 29.3 Å². The molecule has 2 heterocycles. The van der Waals surface area contributed by atoms with Gasteiger partial charge in [0.25, 0.3) is 5.91 Å². The van der Waals surface area contributed by atoms with E-state index in [0.717, 1.165) is 11.4 Å². The molecule has 0 aromatic carbocycles. The van der Waals surface area contributed by atoms with Crippen molar-refractivity contribution in [3.63, 3.8) is 0 Å². The molecule has 1 amide bonds. The van der Waals surface area contributed by atoms with Gasteiger partial charge >= 0.3 is 0 Å². The molecule has 1 aromatic heterocycles. The summed E-state index contributed by atoms with van der Waals surface area (Å²) in [5, 5.41) is 5.58. The van der Waals surface area contributed by atoms with Gasteiger partial charge in [-0.1, -0.05) is 6.07 Å². The first kappa shape index (κ1) is 9.79. The summed E-state index contributed by atoms with van der Waals surface area (Å²) in [6.07, 6.45) is 1.67. The predicted molar refractivity (Wildman–Crippen MR) is 60.8 cm³/mol. The highest BCUT2D eigenvalue weighted by molar-refractivity contribution is 7.80. The minimum Gasteiger partial charge on any atom is -0.328 e. The molecule has 0 aliphatic carbocycles. The van der Waals surface area contributed by atoms with E-state index in [1.54, 1.807) is 6.08 Å². The molecule has 0 radical (unpaired) electrons. The van der Waals surface area contributed by atoms with E-state index in [1.807, 2.05) is 25.1 Å². The molecule has 0 saturated carbocycles. The van der Waals surface area contributed by atoms with Crippen LogP contribution in [0.1, 0.15) is 11.4 Å². The molecule has 1 aliphatic heterocycles. The van der Waals surface area contributed by atoms with Crippen molar-refractivity contribution < 1.29 is 4.79 Å². The molecule has 1 aliphatic rings. The molecular formula is C10H9N3OS. The van der Waals surface area contributed by atoms with Crippen LogP contribution in [0.15, 0.2) is 23.9 Å². The minimum absolute atomic E-state index is 0.219. The van der Waals surface area contributed by atoms with Crippen LogP contribution >= 0.6 is 12.2 Å². The Labute approximate surface area is 92.4 Å². The summed E-state index contributed by atoms with van der Waals surface area (Å²) < 4.78 is 0. The number of hydrogen-bond donors (Lipinski definition) is 2. The van der Waals surface area contributed by atoms with E-state index in [0.29, 0.717) is 10.8 Å². The number of carbonyl (C=O) groups excluding carboxylic acids is 1. The number of nitrogens with one attached hydrogen (secondary N) is 2. The summed E-state index contributed by atoms with van der Waals surface area (Å²) in [5.41, 5.74) is 2.07. The third-order valence-corrected chi connectivity index (χ3v) is 2.13. The molecule has 1 fully saturated rings. The van der Waals surface area contributed by atoms with Gasteiger partial charge in [0.1, 0.15) is 5.70 Å². The highest BCUT2D eigenvalue weighted by atomic mass is 32.1. The first-order valence-corrected chi connectivity index (χ1v) is 4.84. The van der Waals surface area contributed by atoms with Crippen molar-refractivity contribution in [1.29, 1.82) is 0 Å². The lowest BCUT2D eigenvalue weighted by molar-refractivity contribution is -0.115. The maximum Gasteiger partial charge on any atom is 0.273 e. The highest BCUT2D eigenvalue weighted by Crippen LogP contribution is 2.06. The zero-order chi connectivity index (χ0) is 10.8. The third kappa shape index (κ3) is 2.19. The van der Waals surface area contributed by atoms with Crippen LogP contribution in [0, 0.1) is 6.92 Å². The molecule has 0 bridgehead atoms. The van der Waals surface area contributed by atoms with Crippen LogP contribution in [-0.2, 0) is 4.79 Å². The number of pyridine rings is 1. The van der Waals surface area contributed by atoms with Gasteiger partial charge in [-0.3, -0.25) is 15.1 Å². The molecule has 2 rings (SSSR count). The van der Waals surface area contributed by atoms with Crippen molar-refractivity contribution in [2.45, 2.75) is 6.92 Å². The van der Waals surface area contributed by atoms with Crippen molar-refractivity contribution in [3.8, 4) is 0 Å². The monoisotopic (exact) mass is 219 g/mol. The number of thiocarbonyl (C=S) groups is 1. The smallest absolute Gasteiger partial charge is 0.273 e. The fourth-order valence-corrected chi connectivity index (χ4v) is 1.48. The predicted octanol–water partition coefficient (Wildman–Crippen LogP) is 0.735. The maximum absolute atomic E-state index is 11.3. The van der Waals surface area contributed by atoms with Crippen LogP contribution in [-0.4, -0.2) is 16.0 Å². The number of hydrogen-bond acceptors (Lipinski definition) is 3. The number of aromatic nitrogens is 1. The molecule has 76 valence electrons. The number of aryl methyl sites for hydroxylation is 1. The van der Waals surface area contributed by atoms with E-state index in [2.05, 4.69) is 15.6 Å². The minimum atomic E-state index is -0.219. The van der Waals surface area contributed by atoms with Gasteiger partial charge in [-0.25, -0.2) is 0 Å². The number of rotatable bonds is 1. The zero-order valence-electron chi connectivity index (χ0n) is 8.07. The van der Waals surface area contributed by atoms with Gasteiger partial charge in [0.05, 0.1) is 5.69 Å². The molecule has 1 saturated heterocycles. The second-order valence-electron chi connectivity index (χ2n) is 3.17. The van der Waals surface area contributed by atoms with Gasteiger partial charge in [0.15, 0.2) is 5.11 Å². The number of amides is 1. The Morgan fingerprint density at radius 1 is 1.40 bits per heavy atom. The lowest BCUT2D eigenvalue weighted by Crippen LogP contribution is -2.21. The lowest BCUT2D eigenvalue weighted by Gasteiger charge is -1.96.